The number of rotatable bonds is 5. The van der Waals surface area contributed by atoms with E-state index in [2.05, 4.69) is 10.6 Å². The van der Waals surface area contributed by atoms with Gasteiger partial charge in [-0.3, -0.25) is 4.79 Å². The van der Waals surface area contributed by atoms with E-state index in [9.17, 15) is 4.79 Å². The third kappa shape index (κ3) is 4.40. The number of carbonyl (C=O) groups is 1. The third-order valence-electron chi connectivity index (χ3n) is 3.30. The monoisotopic (exact) mass is 317 g/mol. The molecule has 0 spiro atoms. The molecule has 1 amide bonds. The fraction of sp³-hybridized carbons (Fsp3) is 0.235. The highest BCUT2D eigenvalue weighted by Crippen LogP contribution is 2.19. The lowest BCUT2D eigenvalue weighted by molar-refractivity contribution is -0.114. The molecule has 0 aliphatic rings. The van der Waals surface area contributed by atoms with Crippen molar-refractivity contribution in [3.63, 3.8) is 0 Å². The predicted octanol–water partition coefficient (Wildman–Crippen LogP) is 3.77. The highest BCUT2D eigenvalue weighted by molar-refractivity contribution is 6.30. The average molecular weight is 318 g/mol. The maximum absolute atomic E-state index is 12.0. The molecule has 2 rings (SSSR count). The minimum atomic E-state index is -0.0908. The first-order valence-corrected chi connectivity index (χ1v) is 7.41. The Balaban J connectivity index is 1.90. The molecule has 2 aromatic rings. The van der Waals surface area contributed by atoms with Crippen molar-refractivity contribution in [2.45, 2.75) is 6.92 Å². The molecule has 0 saturated carbocycles. The Morgan fingerprint density at radius 2 is 1.82 bits per heavy atom. The van der Waals surface area contributed by atoms with Crippen molar-refractivity contribution in [3.8, 4) is 0 Å². The summed E-state index contributed by atoms with van der Waals surface area (Å²) in [5, 5.41) is 6.66. The molecule has 4 nitrogen and oxygen atoms in total. The van der Waals surface area contributed by atoms with Gasteiger partial charge in [0.1, 0.15) is 0 Å². The van der Waals surface area contributed by atoms with E-state index in [0.29, 0.717) is 5.02 Å². The Morgan fingerprint density at radius 3 is 2.41 bits per heavy atom. The second kappa shape index (κ2) is 7.18. The SMILES string of the molecule is Cc1cc(Cl)ccc1NCC(=O)Nc1ccc(N(C)C)cc1. The Hall–Kier alpha value is -2.20. The van der Waals surface area contributed by atoms with Crippen LogP contribution in [0.1, 0.15) is 5.56 Å². The molecule has 0 radical (unpaired) electrons. The van der Waals surface area contributed by atoms with Gasteiger partial charge in [-0.05, 0) is 55.0 Å². The first-order chi connectivity index (χ1) is 10.5. The van der Waals surface area contributed by atoms with Crippen LogP contribution in [0.5, 0.6) is 0 Å². The maximum atomic E-state index is 12.0. The summed E-state index contributed by atoms with van der Waals surface area (Å²) in [4.78, 5) is 14.0. The van der Waals surface area contributed by atoms with Gasteiger partial charge in [0, 0.05) is 36.2 Å². The lowest BCUT2D eigenvalue weighted by Gasteiger charge is -2.13. The highest BCUT2D eigenvalue weighted by atomic mass is 35.5. The van der Waals surface area contributed by atoms with Gasteiger partial charge in [0.2, 0.25) is 5.91 Å². The second-order valence-corrected chi connectivity index (χ2v) is 5.74. The molecular formula is C17H20ClN3O. The van der Waals surface area contributed by atoms with Gasteiger partial charge in [-0.15, -0.1) is 0 Å². The highest BCUT2D eigenvalue weighted by Gasteiger charge is 2.04. The molecule has 0 aliphatic carbocycles. The zero-order valence-electron chi connectivity index (χ0n) is 13.0. The van der Waals surface area contributed by atoms with Gasteiger partial charge in [-0.2, -0.15) is 0 Å². The topological polar surface area (TPSA) is 44.4 Å². The molecule has 5 heteroatoms. The van der Waals surface area contributed by atoms with E-state index in [-0.39, 0.29) is 12.5 Å². The average Bonchev–Trinajstić information content (AvgIpc) is 2.47. The molecule has 22 heavy (non-hydrogen) atoms. The zero-order chi connectivity index (χ0) is 16.1. The van der Waals surface area contributed by atoms with E-state index in [4.69, 9.17) is 11.6 Å². The molecule has 0 bridgehead atoms. The Morgan fingerprint density at radius 1 is 1.14 bits per heavy atom. The number of hydrogen-bond acceptors (Lipinski definition) is 3. The van der Waals surface area contributed by atoms with Crippen LogP contribution in [0.3, 0.4) is 0 Å². The van der Waals surface area contributed by atoms with E-state index in [1.165, 1.54) is 0 Å². The van der Waals surface area contributed by atoms with E-state index < -0.39 is 0 Å². The van der Waals surface area contributed by atoms with Crippen LogP contribution < -0.4 is 15.5 Å². The molecule has 0 atom stereocenters. The minimum absolute atomic E-state index is 0.0908. The third-order valence-corrected chi connectivity index (χ3v) is 3.53. The Bertz CT molecular complexity index is 653. The molecule has 2 aromatic carbocycles. The van der Waals surface area contributed by atoms with E-state index in [0.717, 1.165) is 22.6 Å². The largest absolute Gasteiger partial charge is 0.378 e. The fourth-order valence-corrected chi connectivity index (χ4v) is 2.28. The van der Waals surface area contributed by atoms with Crippen molar-refractivity contribution in [1.29, 1.82) is 0 Å². The van der Waals surface area contributed by atoms with Crippen LogP contribution in [-0.2, 0) is 4.79 Å². The van der Waals surface area contributed by atoms with Crippen LogP contribution in [0.2, 0.25) is 5.02 Å². The van der Waals surface area contributed by atoms with Crippen LogP contribution in [0.25, 0.3) is 0 Å². The minimum Gasteiger partial charge on any atom is -0.378 e. The molecule has 2 N–H and O–H groups in total. The molecule has 0 aromatic heterocycles. The normalized spacial score (nSPS) is 10.2. The number of benzene rings is 2. The van der Waals surface area contributed by atoms with Crippen molar-refractivity contribution in [2.24, 2.45) is 0 Å². The maximum Gasteiger partial charge on any atom is 0.243 e. The molecular weight excluding hydrogens is 298 g/mol. The van der Waals surface area contributed by atoms with Crippen molar-refractivity contribution in [3.05, 3.63) is 53.1 Å². The summed E-state index contributed by atoms with van der Waals surface area (Å²) >= 11 is 5.91. The number of aryl methyl sites for hydroxylation is 1. The van der Waals surface area contributed by atoms with Crippen LogP contribution in [0, 0.1) is 6.92 Å². The van der Waals surface area contributed by atoms with Crippen LogP contribution in [-0.4, -0.2) is 26.5 Å². The second-order valence-electron chi connectivity index (χ2n) is 5.30. The summed E-state index contributed by atoms with van der Waals surface area (Å²) in [7, 11) is 3.96. The van der Waals surface area contributed by atoms with Crippen molar-refractivity contribution >= 4 is 34.6 Å². The van der Waals surface area contributed by atoms with Gasteiger partial charge in [0.05, 0.1) is 6.54 Å². The van der Waals surface area contributed by atoms with E-state index in [1.54, 1.807) is 6.07 Å². The number of nitrogens with zero attached hydrogens (tertiary/aromatic N) is 1. The van der Waals surface area contributed by atoms with Crippen molar-refractivity contribution in [2.75, 3.05) is 36.2 Å². The molecule has 0 unspecified atom stereocenters. The zero-order valence-corrected chi connectivity index (χ0v) is 13.7. The van der Waals surface area contributed by atoms with Gasteiger partial charge >= 0.3 is 0 Å². The van der Waals surface area contributed by atoms with Gasteiger partial charge in [0.15, 0.2) is 0 Å². The summed E-state index contributed by atoms with van der Waals surface area (Å²) in [6.07, 6.45) is 0. The van der Waals surface area contributed by atoms with Crippen LogP contribution in [0.4, 0.5) is 17.1 Å². The molecule has 0 aliphatic heterocycles. The quantitative estimate of drug-likeness (QED) is 0.882. The Kier molecular flexibility index (Phi) is 5.28. The number of carbonyl (C=O) groups excluding carboxylic acids is 1. The smallest absolute Gasteiger partial charge is 0.243 e. The number of amides is 1. The molecule has 116 valence electrons. The van der Waals surface area contributed by atoms with E-state index >= 15 is 0 Å². The van der Waals surface area contributed by atoms with Crippen molar-refractivity contribution < 1.29 is 4.79 Å². The van der Waals surface area contributed by atoms with Gasteiger partial charge < -0.3 is 15.5 Å². The lowest BCUT2D eigenvalue weighted by Crippen LogP contribution is -2.22. The number of hydrogen-bond donors (Lipinski definition) is 2. The summed E-state index contributed by atoms with van der Waals surface area (Å²) in [6, 6.07) is 13.2. The van der Waals surface area contributed by atoms with Crippen LogP contribution >= 0.6 is 11.6 Å². The summed E-state index contributed by atoms with van der Waals surface area (Å²) in [5.41, 5.74) is 3.79. The lowest BCUT2D eigenvalue weighted by atomic mass is 10.2. The van der Waals surface area contributed by atoms with Crippen molar-refractivity contribution in [1.82, 2.24) is 0 Å². The molecule has 0 heterocycles. The number of nitrogens with one attached hydrogen (secondary N) is 2. The summed E-state index contributed by atoms with van der Waals surface area (Å²) in [5.74, 6) is -0.0908. The molecule has 0 fully saturated rings. The van der Waals surface area contributed by atoms with Gasteiger partial charge in [-0.25, -0.2) is 0 Å². The summed E-state index contributed by atoms with van der Waals surface area (Å²) < 4.78 is 0. The number of anilines is 3. The number of halogens is 1. The van der Waals surface area contributed by atoms with Gasteiger partial charge in [0.25, 0.3) is 0 Å². The predicted molar refractivity (Wildman–Crippen MR) is 94.1 cm³/mol. The first kappa shape index (κ1) is 16.2. The summed E-state index contributed by atoms with van der Waals surface area (Å²) in [6.45, 7) is 2.16. The first-order valence-electron chi connectivity index (χ1n) is 7.03. The standard InChI is InChI=1S/C17H20ClN3O/c1-12-10-13(18)4-9-16(12)19-11-17(22)20-14-5-7-15(8-6-14)21(2)3/h4-10,19H,11H2,1-3H3,(H,20,22). The van der Waals surface area contributed by atoms with Gasteiger partial charge in [-0.1, -0.05) is 11.6 Å². The van der Waals surface area contributed by atoms with Crippen LogP contribution in [0.15, 0.2) is 42.5 Å². The fourth-order valence-electron chi connectivity index (χ4n) is 2.05. The molecule has 0 saturated heterocycles. The Labute approximate surface area is 136 Å². The van der Waals surface area contributed by atoms with E-state index in [1.807, 2.05) is 62.3 Å².